The Bertz CT molecular complexity index is 1520. The van der Waals surface area contributed by atoms with Gasteiger partial charge in [-0.1, -0.05) is 63.6 Å². The summed E-state index contributed by atoms with van der Waals surface area (Å²) in [5, 5.41) is 34.7. The standard InChI is InChI=1S/C25H42N18/c1-14(2)15(3)42(39-29)23-31-19(27)43(38-23)20(28)35-34-18(26)30-21-32-22(37-36-21)41-13-17(33-40-41)11-9-8-10-16-12-24(4,5)25(16,6)7/h12-15,29H,8-11H2,1-7H3,(H2,28,35)(H2,27,31,38)(H4,26,30,32,34,36,37). The molecule has 18 nitrogen and oxygen atoms in total. The van der Waals surface area contributed by atoms with Gasteiger partial charge in [0, 0.05) is 0 Å². The van der Waals surface area contributed by atoms with Crippen LogP contribution in [0.5, 0.6) is 0 Å². The molecule has 0 amide bonds. The molecule has 18 heteroatoms. The van der Waals surface area contributed by atoms with Crippen molar-refractivity contribution in [2.24, 2.45) is 43.6 Å². The van der Waals surface area contributed by atoms with E-state index in [9.17, 15) is 0 Å². The number of unbranched alkanes of at least 4 members (excludes halogenated alkanes) is 1. The van der Waals surface area contributed by atoms with Crippen LogP contribution in [0.1, 0.15) is 73.4 Å². The van der Waals surface area contributed by atoms with E-state index in [0.29, 0.717) is 0 Å². The first kappa shape index (κ1) is 31.0. The van der Waals surface area contributed by atoms with Crippen LogP contribution in [0.25, 0.3) is 5.95 Å². The number of anilines is 3. The van der Waals surface area contributed by atoms with Crippen molar-refractivity contribution in [2.75, 3.05) is 16.1 Å². The minimum Gasteiger partial charge on any atom is -0.368 e. The van der Waals surface area contributed by atoms with Gasteiger partial charge < -0.3 is 17.2 Å². The number of H-pyrrole nitrogens is 1. The Morgan fingerprint density at radius 2 is 1.84 bits per heavy atom. The molecule has 0 saturated heterocycles. The fraction of sp³-hybridized carbons (Fsp3) is 0.600. The smallest absolute Gasteiger partial charge is 0.272 e. The topological polar surface area (TPSA) is 257 Å². The molecule has 0 radical (unpaired) electrons. The van der Waals surface area contributed by atoms with Crippen LogP contribution in [0.2, 0.25) is 0 Å². The largest absolute Gasteiger partial charge is 0.368 e. The molecule has 0 saturated carbocycles. The number of nitrogens with one attached hydrogen (secondary N) is 3. The summed E-state index contributed by atoms with van der Waals surface area (Å²) in [6, 6.07) is -0.153. The van der Waals surface area contributed by atoms with Gasteiger partial charge in [-0.3, -0.25) is 5.32 Å². The van der Waals surface area contributed by atoms with E-state index in [-0.39, 0.29) is 58.5 Å². The Labute approximate surface area is 249 Å². The lowest BCUT2D eigenvalue weighted by atomic mass is 9.53. The van der Waals surface area contributed by atoms with Crippen molar-refractivity contribution in [1.82, 2.24) is 44.9 Å². The molecule has 3 aromatic rings. The average Bonchev–Trinajstić information content (AvgIpc) is 3.69. The maximum Gasteiger partial charge on any atom is 0.272 e. The van der Waals surface area contributed by atoms with E-state index in [4.69, 9.17) is 22.7 Å². The van der Waals surface area contributed by atoms with Crippen LogP contribution in [0, 0.1) is 22.3 Å². The molecule has 3 aromatic heterocycles. The molecule has 0 fully saturated rings. The molecule has 1 aliphatic rings. The van der Waals surface area contributed by atoms with Gasteiger partial charge in [0.05, 0.1) is 17.9 Å². The molecule has 1 aliphatic carbocycles. The minimum absolute atomic E-state index is 0.0570. The summed E-state index contributed by atoms with van der Waals surface area (Å²) in [5.41, 5.74) is 28.2. The van der Waals surface area contributed by atoms with Crippen LogP contribution in [0.4, 0.5) is 17.8 Å². The van der Waals surface area contributed by atoms with Crippen LogP contribution in [-0.2, 0) is 6.42 Å². The van der Waals surface area contributed by atoms with Crippen LogP contribution in [-0.4, -0.2) is 62.9 Å². The second-order valence-corrected chi connectivity index (χ2v) is 12.0. The van der Waals surface area contributed by atoms with E-state index in [1.165, 1.54) is 15.3 Å². The van der Waals surface area contributed by atoms with Gasteiger partial charge >= 0.3 is 0 Å². The van der Waals surface area contributed by atoms with Crippen molar-refractivity contribution in [3.8, 4) is 5.95 Å². The summed E-state index contributed by atoms with van der Waals surface area (Å²) in [5.74, 6) is 0.382. The first-order valence-electron chi connectivity index (χ1n) is 14.1. The van der Waals surface area contributed by atoms with E-state index >= 15 is 0 Å². The highest BCUT2D eigenvalue weighted by atomic mass is 15.6. The second-order valence-electron chi connectivity index (χ2n) is 12.0. The molecular formula is C25H42N18. The maximum atomic E-state index is 7.47. The van der Waals surface area contributed by atoms with E-state index < -0.39 is 0 Å². The Balaban J connectivity index is 1.31. The predicted molar refractivity (Wildman–Crippen MR) is 163 cm³/mol. The van der Waals surface area contributed by atoms with E-state index in [1.807, 2.05) is 20.8 Å². The molecule has 0 aromatic carbocycles. The van der Waals surface area contributed by atoms with Crippen LogP contribution >= 0.6 is 0 Å². The summed E-state index contributed by atoms with van der Waals surface area (Å²) >= 11 is 0. The third kappa shape index (κ3) is 6.62. The first-order valence-corrected chi connectivity index (χ1v) is 14.1. The highest BCUT2D eigenvalue weighted by Crippen LogP contribution is 2.56. The van der Waals surface area contributed by atoms with Crippen LogP contribution < -0.4 is 27.5 Å². The lowest BCUT2D eigenvalue weighted by Crippen LogP contribution is -2.41. The van der Waals surface area contributed by atoms with Crippen molar-refractivity contribution in [1.29, 1.82) is 5.53 Å². The van der Waals surface area contributed by atoms with Crippen LogP contribution in [0.15, 0.2) is 33.3 Å². The number of guanidine groups is 1. The monoisotopic (exact) mass is 594 g/mol. The van der Waals surface area contributed by atoms with Gasteiger partial charge in [-0.25, -0.2) is 10.1 Å². The summed E-state index contributed by atoms with van der Waals surface area (Å²) < 4.78 is 2.55. The first-order chi connectivity index (χ1) is 20.2. The normalized spacial score (nSPS) is 17.0. The van der Waals surface area contributed by atoms with Gasteiger partial charge in [-0.2, -0.15) is 24.9 Å². The summed E-state index contributed by atoms with van der Waals surface area (Å²) in [7, 11) is 0. The number of nitrogens with two attached hydrogens (primary N) is 3. The van der Waals surface area contributed by atoms with Gasteiger partial charge in [0.2, 0.25) is 23.8 Å². The Kier molecular flexibility index (Phi) is 8.77. The molecule has 232 valence electrons. The lowest BCUT2D eigenvalue weighted by molar-refractivity contribution is 0.157. The fourth-order valence-corrected chi connectivity index (χ4v) is 4.53. The highest BCUT2D eigenvalue weighted by molar-refractivity contribution is 5.91. The Morgan fingerprint density at radius 3 is 2.49 bits per heavy atom. The summed E-state index contributed by atoms with van der Waals surface area (Å²) in [6.07, 6.45) is 8.24. The van der Waals surface area contributed by atoms with Crippen molar-refractivity contribution in [3.05, 3.63) is 23.5 Å². The summed E-state index contributed by atoms with van der Waals surface area (Å²) in [4.78, 5) is 8.44. The molecule has 1 atom stereocenters. The Morgan fingerprint density at radius 1 is 1.12 bits per heavy atom. The maximum absolute atomic E-state index is 7.47. The SMILES string of the molecule is CC(C)C(C)N(N=N)c1nc(N)n(/C(N)=N/N=C(\N)Nc2nc(-n3cc(CCCCC4=CC(C)(C)C4(C)C)nn3)n[nH]2)n1. The van der Waals surface area contributed by atoms with Crippen molar-refractivity contribution in [3.63, 3.8) is 0 Å². The Hall–Kier alpha value is -4.90. The van der Waals surface area contributed by atoms with Gasteiger partial charge in [0.1, 0.15) is 0 Å². The van der Waals surface area contributed by atoms with E-state index in [0.717, 1.165) is 36.1 Å². The number of nitrogen functional groups attached to an aromatic ring is 1. The number of hydrogen-bond acceptors (Lipinski definition) is 11. The quantitative estimate of drug-likeness (QED) is 0.0443. The molecule has 0 aliphatic heterocycles. The zero-order chi connectivity index (χ0) is 31.5. The predicted octanol–water partition coefficient (Wildman–Crippen LogP) is 2.57. The number of aromatic amines is 1. The highest BCUT2D eigenvalue weighted by Gasteiger charge is 2.45. The van der Waals surface area contributed by atoms with Crippen LogP contribution in [0.3, 0.4) is 0 Å². The van der Waals surface area contributed by atoms with Crippen molar-refractivity contribution < 1.29 is 0 Å². The number of aromatic nitrogens is 9. The molecule has 0 spiro atoms. The number of rotatable bonds is 12. The number of aryl methyl sites for hydroxylation is 1. The fourth-order valence-electron chi connectivity index (χ4n) is 4.53. The van der Waals surface area contributed by atoms with E-state index in [2.05, 4.69) is 90.1 Å². The number of allylic oxidation sites excluding steroid dienone is 2. The second kappa shape index (κ2) is 12.1. The van der Waals surface area contributed by atoms with Gasteiger partial charge in [-0.15, -0.1) is 25.5 Å². The lowest BCUT2D eigenvalue weighted by Gasteiger charge is -2.51. The van der Waals surface area contributed by atoms with E-state index in [1.54, 1.807) is 6.20 Å². The third-order valence-corrected chi connectivity index (χ3v) is 8.30. The molecular weight excluding hydrogens is 552 g/mol. The minimum atomic E-state index is -0.200. The molecule has 4 rings (SSSR count). The molecule has 3 heterocycles. The molecule has 1 unspecified atom stereocenters. The molecule has 43 heavy (non-hydrogen) atoms. The van der Waals surface area contributed by atoms with Crippen molar-refractivity contribution >= 4 is 29.8 Å². The average molecular weight is 595 g/mol. The molecule has 9 N–H and O–H groups in total. The zero-order valence-electron chi connectivity index (χ0n) is 25.7. The van der Waals surface area contributed by atoms with Crippen molar-refractivity contribution in [2.45, 2.75) is 80.2 Å². The number of nitrogens with zero attached hydrogens (tertiary/aromatic N) is 12. The molecule has 0 bridgehead atoms. The zero-order valence-corrected chi connectivity index (χ0v) is 25.7. The summed E-state index contributed by atoms with van der Waals surface area (Å²) in [6.45, 7) is 15.1. The van der Waals surface area contributed by atoms with Gasteiger partial charge in [0.15, 0.2) is 0 Å². The number of hydrogen-bond donors (Lipinski definition) is 6. The van der Waals surface area contributed by atoms with Gasteiger partial charge in [0.25, 0.3) is 11.9 Å². The third-order valence-electron chi connectivity index (χ3n) is 8.30. The van der Waals surface area contributed by atoms with Gasteiger partial charge in [-0.05, 0) is 49.4 Å².